The van der Waals surface area contributed by atoms with E-state index in [0.717, 1.165) is 55.8 Å². The minimum Gasteiger partial charge on any atom is -0.337 e. The van der Waals surface area contributed by atoms with Gasteiger partial charge in [-0.05, 0) is 138 Å². The zero-order valence-electron chi connectivity index (χ0n) is 39.7. The number of likely N-dealkylation sites (N-methyl/N-ethyl adjacent to an activating group) is 1. The van der Waals surface area contributed by atoms with Crippen LogP contribution >= 0.6 is 11.8 Å². The molecule has 0 radical (unpaired) electrons. The van der Waals surface area contributed by atoms with Crippen LogP contribution in [0.3, 0.4) is 0 Å². The summed E-state index contributed by atoms with van der Waals surface area (Å²) in [4.78, 5) is 15.3. The van der Waals surface area contributed by atoms with Crippen molar-refractivity contribution in [1.82, 2.24) is 9.47 Å². The Morgan fingerprint density at radius 1 is 0.652 bits per heavy atom. The summed E-state index contributed by atoms with van der Waals surface area (Å²) in [6.07, 6.45) is 36.1. The first-order chi connectivity index (χ1) is 34.1. The molecular formula is C64H60N4S. The number of hydrogen-bond donors (Lipinski definition) is 0. The molecule has 7 aliphatic rings. The maximum Gasteiger partial charge on any atom is 0.159 e. The number of rotatable bonds is 8. The fraction of sp³-hybridized carbons (Fsp3) is 0.281. The monoisotopic (exact) mass is 916 g/mol. The Balaban J connectivity index is 0.979. The van der Waals surface area contributed by atoms with Crippen molar-refractivity contribution in [2.24, 2.45) is 15.9 Å². The summed E-state index contributed by atoms with van der Waals surface area (Å²) in [5.74, 6) is 3.51. The van der Waals surface area contributed by atoms with E-state index in [1.807, 2.05) is 0 Å². The molecule has 5 aliphatic carbocycles. The summed E-state index contributed by atoms with van der Waals surface area (Å²) < 4.78 is 2.49. The molecule has 0 spiro atoms. The van der Waals surface area contributed by atoms with E-state index in [4.69, 9.17) is 9.98 Å². The second-order valence-electron chi connectivity index (χ2n) is 20.4. The number of benzene rings is 5. The van der Waals surface area contributed by atoms with E-state index in [2.05, 4.69) is 204 Å². The summed E-state index contributed by atoms with van der Waals surface area (Å²) in [7, 11) is 2.32. The Labute approximate surface area is 412 Å². The first kappa shape index (κ1) is 42.7. The molecule has 5 atom stereocenters. The molecule has 6 aromatic rings. The predicted octanol–water partition coefficient (Wildman–Crippen LogP) is 16.1. The lowest BCUT2D eigenvalue weighted by atomic mass is 9.71. The van der Waals surface area contributed by atoms with Crippen molar-refractivity contribution in [1.29, 1.82) is 0 Å². The standard InChI is InChI=1S/C64H60N4S/c1-67-63(45-26-13-5-14-27-45)65-62(44-24-11-4-12-25-44)66-64(67)55-39-46(49-37-47(42-20-7-2-8-21-42)36-48(38-49)43-22-9-3-10-23-43)34-35-51(55)53-31-19-33-59-61(53)56-40-58-54(41-60(56)69-59)52-30-17-18-32-57(52)68(58)50-28-15-6-16-29-50/h2-4,6-9,11-12,15-20,22,24-25,28-33,36-38,40-42,45-46,59,61,63H,5,10,13-14,21,23,26-27,34-35,39H2,1H3. The number of allylic oxidation sites excluding steroid dienone is 12. The molecule has 1 aromatic heterocycles. The first-order valence-electron chi connectivity index (χ1n) is 25.8. The largest absolute Gasteiger partial charge is 0.337 e. The fourth-order valence-electron chi connectivity index (χ4n) is 12.9. The lowest BCUT2D eigenvalue weighted by Crippen LogP contribution is -2.46. The van der Waals surface area contributed by atoms with Crippen LogP contribution in [0, 0.1) is 5.92 Å². The van der Waals surface area contributed by atoms with Gasteiger partial charge in [0, 0.05) is 51.1 Å². The van der Waals surface area contributed by atoms with Gasteiger partial charge in [0.1, 0.15) is 12.0 Å². The highest BCUT2D eigenvalue weighted by Crippen LogP contribution is 2.56. The number of hydrogen-bond acceptors (Lipinski definition) is 4. The van der Waals surface area contributed by atoms with E-state index in [1.165, 1.54) is 109 Å². The third kappa shape index (κ3) is 7.78. The number of thioether (sulfide) groups is 1. The lowest BCUT2D eigenvalue weighted by molar-refractivity contribution is 0.209. The molecule has 1 saturated carbocycles. The van der Waals surface area contributed by atoms with Crippen molar-refractivity contribution in [3.8, 4) is 5.69 Å². The summed E-state index contributed by atoms with van der Waals surface area (Å²) in [5, 5.41) is 2.97. The Morgan fingerprint density at radius 2 is 1.48 bits per heavy atom. The van der Waals surface area contributed by atoms with Gasteiger partial charge in [-0.1, -0.05) is 165 Å². The fourth-order valence-corrected chi connectivity index (χ4v) is 14.3. The van der Waals surface area contributed by atoms with Gasteiger partial charge in [-0.15, -0.1) is 11.8 Å². The van der Waals surface area contributed by atoms with E-state index in [0.29, 0.717) is 23.0 Å². The van der Waals surface area contributed by atoms with Gasteiger partial charge in [-0.25, -0.2) is 9.98 Å². The SMILES string of the molecule is CN1C(C2=C(C3=CC=CC4Sc5cc6c7ccccc7n(-c7ccccc7)c6cc5C34)CCC(c3cc(C4=CC=CCC4)cc(C4C=CC=CC4)c3)C2)=NC(c2ccccc2)=NC1C1CCCCC1. The van der Waals surface area contributed by atoms with Crippen molar-refractivity contribution in [3.63, 3.8) is 0 Å². The van der Waals surface area contributed by atoms with Crippen LogP contribution in [0.15, 0.2) is 208 Å². The quantitative estimate of drug-likeness (QED) is 0.152. The van der Waals surface area contributed by atoms with Crippen LogP contribution in [0.4, 0.5) is 0 Å². The van der Waals surface area contributed by atoms with E-state index >= 15 is 0 Å². The number of fused-ring (bicyclic) bond motifs is 6. The molecular weight excluding hydrogens is 857 g/mol. The van der Waals surface area contributed by atoms with Gasteiger partial charge in [0.05, 0.1) is 11.0 Å². The van der Waals surface area contributed by atoms with Crippen LogP contribution in [0.25, 0.3) is 33.1 Å². The summed E-state index contributed by atoms with van der Waals surface area (Å²) in [5.41, 5.74) is 16.5. The molecule has 69 heavy (non-hydrogen) atoms. The number of nitrogens with zero attached hydrogens (tertiary/aromatic N) is 4. The maximum atomic E-state index is 5.74. The molecule has 5 heteroatoms. The van der Waals surface area contributed by atoms with Gasteiger partial charge < -0.3 is 9.47 Å². The van der Waals surface area contributed by atoms with Crippen molar-refractivity contribution >= 4 is 50.8 Å². The minimum absolute atomic E-state index is 0.0541. The number of para-hydroxylation sites is 2. The molecule has 5 aromatic carbocycles. The molecule has 3 heterocycles. The lowest BCUT2D eigenvalue weighted by Gasteiger charge is -2.41. The van der Waals surface area contributed by atoms with Crippen LogP contribution < -0.4 is 0 Å². The smallest absolute Gasteiger partial charge is 0.159 e. The summed E-state index contributed by atoms with van der Waals surface area (Å²) >= 11 is 2.06. The van der Waals surface area contributed by atoms with Gasteiger partial charge in [-0.3, -0.25) is 0 Å². The van der Waals surface area contributed by atoms with E-state index in [1.54, 1.807) is 0 Å². The number of aliphatic imine (C=N–C) groups is 2. The van der Waals surface area contributed by atoms with Gasteiger partial charge in [0.15, 0.2) is 5.84 Å². The second kappa shape index (κ2) is 18.1. The molecule has 342 valence electrons. The Hall–Kier alpha value is -6.43. The van der Waals surface area contributed by atoms with Gasteiger partial charge >= 0.3 is 0 Å². The highest BCUT2D eigenvalue weighted by Gasteiger charge is 2.42. The average Bonchev–Trinajstić information content (AvgIpc) is 3.96. The molecule has 0 saturated heterocycles. The van der Waals surface area contributed by atoms with Crippen LogP contribution in [-0.2, 0) is 0 Å². The molecule has 4 nitrogen and oxygen atoms in total. The Morgan fingerprint density at radius 3 is 2.30 bits per heavy atom. The molecule has 0 amide bonds. The molecule has 2 aliphatic heterocycles. The second-order valence-corrected chi connectivity index (χ2v) is 21.7. The Kier molecular flexibility index (Phi) is 11.2. The highest BCUT2D eigenvalue weighted by molar-refractivity contribution is 8.00. The number of aromatic nitrogens is 1. The summed E-state index contributed by atoms with van der Waals surface area (Å²) in [6.45, 7) is 0. The third-order valence-electron chi connectivity index (χ3n) is 16.4. The molecule has 13 rings (SSSR count). The van der Waals surface area contributed by atoms with Crippen molar-refractivity contribution < 1.29 is 0 Å². The average molecular weight is 917 g/mol. The predicted molar refractivity (Wildman–Crippen MR) is 291 cm³/mol. The summed E-state index contributed by atoms with van der Waals surface area (Å²) in [6, 6.07) is 43.5. The topological polar surface area (TPSA) is 32.9 Å². The van der Waals surface area contributed by atoms with Gasteiger partial charge in [-0.2, -0.15) is 0 Å². The normalized spacial score (nSPS) is 24.6. The van der Waals surface area contributed by atoms with E-state index in [-0.39, 0.29) is 12.1 Å². The minimum atomic E-state index is 0.0541. The zero-order chi connectivity index (χ0) is 45.8. The van der Waals surface area contributed by atoms with Crippen LogP contribution in [0.5, 0.6) is 0 Å². The molecule has 5 unspecified atom stereocenters. The third-order valence-corrected chi connectivity index (χ3v) is 17.7. The van der Waals surface area contributed by atoms with Crippen molar-refractivity contribution in [2.45, 2.75) is 105 Å². The van der Waals surface area contributed by atoms with Crippen LogP contribution in [0.2, 0.25) is 0 Å². The molecule has 0 bridgehead atoms. The molecule has 1 fully saturated rings. The van der Waals surface area contributed by atoms with Gasteiger partial charge in [0.2, 0.25) is 0 Å². The van der Waals surface area contributed by atoms with Crippen LogP contribution in [0.1, 0.15) is 116 Å². The Bertz CT molecular complexity index is 3270. The highest BCUT2D eigenvalue weighted by atomic mass is 32.2. The van der Waals surface area contributed by atoms with E-state index < -0.39 is 0 Å². The number of amidine groups is 2. The van der Waals surface area contributed by atoms with E-state index in [9.17, 15) is 0 Å². The van der Waals surface area contributed by atoms with Crippen molar-refractivity contribution in [2.75, 3.05) is 7.05 Å². The van der Waals surface area contributed by atoms with Crippen LogP contribution in [-0.4, -0.2) is 39.6 Å². The van der Waals surface area contributed by atoms with Gasteiger partial charge in [0.25, 0.3) is 0 Å². The zero-order valence-corrected chi connectivity index (χ0v) is 40.5. The van der Waals surface area contributed by atoms with Crippen molar-refractivity contribution in [3.05, 3.63) is 221 Å². The molecule has 0 N–H and O–H groups in total. The maximum absolute atomic E-state index is 5.74. The first-order valence-corrected chi connectivity index (χ1v) is 26.7.